The third kappa shape index (κ3) is 3.38. The number of hydrogen-bond acceptors (Lipinski definition) is 8. The van der Waals surface area contributed by atoms with Gasteiger partial charge in [-0.3, -0.25) is 19.4 Å². The van der Waals surface area contributed by atoms with Crippen molar-refractivity contribution in [1.82, 2.24) is 9.80 Å². The van der Waals surface area contributed by atoms with E-state index in [2.05, 4.69) is 0 Å². The summed E-state index contributed by atoms with van der Waals surface area (Å²) >= 11 is 0. The average molecular weight is 378 g/mol. The maximum Gasteiger partial charge on any atom is 0.261 e. The Kier molecular flexibility index (Phi) is 4.97. The van der Waals surface area contributed by atoms with Gasteiger partial charge in [0.15, 0.2) is 6.29 Å². The van der Waals surface area contributed by atoms with Crippen molar-refractivity contribution in [2.24, 2.45) is 0 Å². The van der Waals surface area contributed by atoms with Crippen molar-refractivity contribution < 1.29 is 34.4 Å². The lowest BCUT2D eigenvalue weighted by Gasteiger charge is -2.40. The summed E-state index contributed by atoms with van der Waals surface area (Å²) in [6, 6.07) is 6.19. The molecule has 0 saturated carbocycles. The highest BCUT2D eigenvalue weighted by Gasteiger charge is 2.42. The largest absolute Gasteiger partial charge is 0.389 e. The molecule has 2 amide bonds. The zero-order valence-corrected chi connectivity index (χ0v) is 14.6. The Morgan fingerprint density at radius 1 is 0.926 bits per heavy atom. The number of carbonyl (C=O) groups excluding carboxylic acids is 2. The van der Waals surface area contributed by atoms with Crippen LogP contribution in [0.4, 0.5) is 0 Å². The van der Waals surface area contributed by atoms with E-state index in [1.165, 1.54) is 4.90 Å². The molecule has 4 rings (SSSR count). The highest BCUT2D eigenvalue weighted by Crippen LogP contribution is 2.26. The van der Waals surface area contributed by atoms with Gasteiger partial charge in [0, 0.05) is 19.6 Å². The minimum atomic E-state index is -1.16. The predicted octanol–water partition coefficient (Wildman–Crippen LogP) is -1.58. The van der Waals surface area contributed by atoms with E-state index >= 15 is 0 Å². The predicted molar refractivity (Wildman–Crippen MR) is 90.9 cm³/mol. The molecule has 0 spiro atoms. The lowest BCUT2D eigenvalue weighted by atomic mass is 10.0. The van der Waals surface area contributed by atoms with Gasteiger partial charge in [-0.05, 0) is 12.1 Å². The number of aliphatic hydroxyl groups is 3. The van der Waals surface area contributed by atoms with Gasteiger partial charge in [-0.2, -0.15) is 0 Å². The first-order valence-electron chi connectivity index (χ1n) is 8.92. The smallest absolute Gasteiger partial charge is 0.261 e. The second-order valence-electron chi connectivity index (χ2n) is 7.12. The molecule has 0 aromatic heterocycles. The van der Waals surface area contributed by atoms with Crippen molar-refractivity contribution in [2.45, 2.75) is 30.6 Å². The standard InChI is InChI=1S/C18H22N2O7/c21-13-5-19(6-14(22)16(13)23)7-15-26-8-10(9-27-15)20-17(24)11-3-1-2-4-12(11)18(20)25/h1-4,10,13-16,21-23H,5-9H2/t10?,13-,14+,15?,16?. The fourth-order valence-electron chi connectivity index (χ4n) is 3.76. The Bertz CT molecular complexity index is 687. The van der Waals surface area contributed by atoms with Crippen LogP contribution in [0.3, 0.4) is 0 Å². The number of imide groups is 1. The molecule has 3 aliphatic rings. The SMILES string of the molecule is O=C1c2ccccc2C(=O)N1C1COC(CN2C[C@@H](O)C(O)[C@@H](O)C2)OC1. The number of β-amino-alcohol motifs (C(OH)–C–C–N with tert-alkyl or cyclic N) is 2. The fourth-order valence-corrected chi connectivity index (χ4v) is 3.76. The molecular formula is C18H22N2O7. The van der Waals surface area contributed by atoms with Gasteiger partial charge in [-0.15, -0.1) is 0 Å². The minimum absolute atomic E-state index is 0.151. The van der Waals surface area contributed by atoms with Gasteiger partial charge in [0.05, 0.1) is 42.6 Å². The van der Waals surface area contributed by atoms with E-state index < -0.39 is 30.6 Å². The topological polar surface area (TPSA) is 120 Å². The highest BCUT2D eigenvalue weighted by molar-refractivity contribution is 6.21. The fraction of sp³-hybridized carbons (Fsp3) is 0.556. The zero-order valence-electron chi connectivity index (χ0n) is 14.6. The molecule has 3 atom stereocenters. The second-order valence-corrected chi connectivity index (χ2v) is 7.12. The highest BCUT2D eigenvalue weighted by atomic mass is 16.7. The van der Waals surface area contributed by atoms with E-state index in [0.717, 1.165) is 0 Å². The van der Waals surface area contributed by atoms with Crippen LogP contribution in [0.25, 0.3) is 0 Å². The first-order valence-corrected chi connectivity index (χ1v) is 8.92. The van der Waals surface area contributed by atoms with Crippen molar-refractivity contribution in [3.05, 3.63) is 35.4 Å². The van der Waals surface area contributed by atoms with Crippen molar-refractivity contribution in [3.8, 4) is 0 Å². The van der Waals surface area contributed by atoms with Crippen LogP contribution >= 0.6 is 0 Å². The summed E-state index contributed by atoms with van der Waals surface area (Å²) < 4.78 is 11.3. The number of hydrogen-bond donors (Lipinski definition) is 3. The molecule has 9 nitrogen and oxygen atoms in total. The first-order chi connectivity index (χ1) is 13.0. The van der Waals surface area contributed by atoms with Crippen LogP contribution < -0.4 is 0 Å². The van der Waals surface area contributed by atoms with Gasteiger partial charge in [0.25, 0.3) is 11.8 Å². The van der Waals surface area contributed by atoms with E-state index in [4.69, 9.17) is 9.47 Å². The maximum absolute atomic E-state index is 12.5. The molecule has 146 valence electrons. The van der Waals surface area contributed by atoms with E-state index in [-0.39, 0.29) is 38.1 Å². The molecule has 3 heterocycles. The van der Waals surface area contributed by atoms with Crippen LogP contribution in [0.15, 0.2) is 24.3 Å². The third-order valence-electron chi connectivity index (χ3n) is 5.23. The summed E-state index contributed by atoms with van der Waals surface area (Å²) in [5.41, 5.74) is 0.777. The van der Waals surface area contributed by atoms with Crippen molar-refractivity contribution in [2.75, 3.05) is 32.8 Å². The van der Waals surface area contributed by atoms with Gasteiger partial charge in [0.1, 0.15) is 6.10 Å². The summed E-state index contributed by atoms with van der Waals surface area (Å²) in [7, 11) is 0. The van der Waals surface area contributed by atoms with Crippen LogP contribution in [-0.4, -0.2) is 100 Å². The van der Waals surface area contributed by atoms with E-state index in [1.54, 1.807) is 29.2 Å². The van der Waals surface area contributed by atoms with Gasteiger partial charge in [0.2, 0.25) is 0 Å². The molecule has 1 unspecified atom stereocenters. The molecule has 3 N–H and O–H groups in total. The van der Waals surface area contributed by atoms with Crippen LogP contribution in [0.5, 0.6) is 0 Å². The average Bonchev–Trinajstić information content (AvgIpc) is 2.92. The van der Waals surface area contributed by atoms with E-state index in [0.29, 0.717) is 17.7 Å². The van der Waals surface area contributed by atoms with Gasteiger partial charge in [-0.1, -0.05) is 12.1 Å². The lowest BCUT2D eigenvalue weighted by Crippen LogP contribution is -2.58. The Balaban J connectivity index is 1.34. The number of rotatable bonds is 3. The monoisotopic (exact) mass is 378 g/mol. The quantitative estimate of drug-likeness (QED) is 0.540. The zero-order chi connectivity index (χ0) is 19.1. The molecule has 0 bridgehead atoms. The van der Waals surface area contributed by atoms with Crippen LogP contribution in [0.2, 0.25) is 0 Å². The summed E-state index contributed by atoms with van der Waals surface area (Å²) in [5.74, 6) is -0.690. The van der Waals surface area contributed by atoms with Crippen molar-refractivity contribution >= 4 is 11.8 Å². The van der Waals surface area contributed by atoms with E-state index in [1.807, 2.05) is 0 Å². The Morgan fingerprint density at radius 2 is 1.44 bits per heavy atom. The molecule has 0 radical (unpaired) electrons. The number of aliphatic hydroxyl groups excluding tert-OH is 3. The van der Waals surface area contributed by atoms with E-state index in [9.17, 15) is 24.9 Å². The Hall–Kier alpha value is -1.88. The van der Waals surface area contributed by atoms with Gasteiger partial charge in [-0.25, -0.2) is 0 Å². The number of amides is 2. The number of likely N-dealkylation sites (tertiary alicyclic amines) is 1. The molecule has 2 saturated heterocycles. The third-order valence-corrected chi connectivity index (χ3v) is 5.23. The molecule has 0 aliphatic carbocycles. The van der Waals surface area contributed by atoms with Crippen LogP contribution in [-0.2, 0) is 9.47 Å². The van der Waals surface area contributed by atoms with Crippen LogP contribution in [0, 0.1) is 0 Å². The maximum atomic E-state index is 12.5. The Labute approximate surface area is 155 Å². The number of fused-ring (bicyclic) bond motifs is 1. The van der Waals surface area contributed by atoms with Gasteiger partial charge >= 0.3 is 0 Å². The van der Waals surface area contributed by atoms with Crippen molar-refractivity contribution in [3.63, 3.8) is 0 Å². The number of ether oxygens (including phenoxy) is 2. The normalized spacial score (nSPS) is 34.8. The summed E-state index contributed by atoms with van der Waals surface area (Å²) in [6.45, 7) is 0.998. The van der Waals surface area contributed by atoms with Crippen LogP contribution in [0.1, 0.15) is 20.7 Å². The molecule has 2 fully saturated rings. The minimum Gasteiger partial charge on any atom is -0.389 e. The first kappa shape index (κ1) is 18.5. The number of carbonyl (C=O) groups is 2. The van der Waals surface area contributed by atoms with Crippen molar-refractivity contribution in [1.29, 1.82) is 0 Å². The number of nitrogens with zero attached hydrogens (tertiary/aromatic N) is 2. The molecular weight excluding hydrogens is 356 g/mol. The molecule has 9 heteroatoms. The van der Waals surface area contributed by atoms with Gasteiger partial charge < -0.3 is 24.8 Å². The lowest BCUT2D eigenvalue weighted by molar-refractivity contribution is -0.212. The Morgan fingerprint density at radius 3 is 1.96 bits per heavy atom. The number of piperidine rings is 1. The summed E-state index contributed by atoms with van der Waals surface area (Å²) in [4.78, 5) is 28.0. The summed E-state index contributed by atoms with van der Waals surface area (Å²) in [6.07, 6.45) is -3.84. The molecule has 27 heavy (non-hydrogen) atoms. The summed E-state index contributed by atoms with van der Waals surface area (Å²) in [5, 5.41) is 29.1. The number of benzene rings is 1. The molecule has 1 aromatic rings. The second kappa shape index (κ2) is 7.27. The molecule has 3 aliphatic heterocycles. The molecule has 1 aromatic carbocycles.